The van der Waals surface area contributed by atoms with Crippen molar-refractivity contribution >= 4 is 16.9 Å². The van der Waals surface area contributed by atoms with E-state index in [1.807, 2.05) is 24.4 Å². The minimum Gasteiger partial charge on any atom is -0.366 e. The van der Waals surface area contributed by atoms with Crippen LogP contribution < -0.4 is 5.32 Å². The van der Waals surface area contributed by atoms with Crippen molar-refractivity contribution in [3.63, 3.8) is 0 Å². The number of likely N-dealkylation sites (tertiary alicyclic amines) is 1. The van der Waals surface area contributed by atoms with Crippen LogP contribution in [0.15, 0.2) is 42.7 Å². The SMILES string of the molecule is CC1CN(Cc2ccccn2)CCC1Nc1cnc2cc(F)c(F)cc2n1. The molecule has 1 aliphatic rings. The number of halogens is 2. The predicted octanol–water partition coefficient (Wildman–Crippen LogP) is 3.63. The quantitative estimate of drug-likeness (QED) is 0.761. The summed E-state index contributed by atoms with van der Waals surface area (Å²) in [6, 6.07) is 8.38. The molecular formula is C20H21F2N5. The first-order valence-electron chi connectivity index (χ1n) is 9.09. The molecule has 2 unspecified atom stereocenters. The third-order valence-corrected chi connectivity index (χ3v) is 5.02. The van der Waals surface area contributed by atoms with Gasteiger partial charge in [0.05, 0.1) is 22.9 Å². The molecule has 27 heavy (non-hydrogen) atoms. The zero-order chi connectivity index (χ0) is 18.8. The van der Waals surface area contributed by atoms with Gasteiger partial charge >= 0.3 is 0 Å². The summed E-state index contributed by atoms with van der Waals surface area (Å²) < 4.78 is 26.7. The van der Waals surface area contributed by atoms with E-state index in [9.17, 15) is 8.78 Å². The minimum atomic E-state index is -0.912. The number of nitrogens with one attached hydrogen (secondary N) is 1. The Hall–Kier alpha value is -2.67. The van der Waals surface area contributed by atoms with Gasteiger partial charge in [0.2, 0.25) is 0 Å². The number of hydrogen-bond acceptors (Lipinski definition) is 5. The maximum absolute atomic E-state index is 13.4. The van der Waals surface area contributed by atoms with E-state index in [0.717, 1.165) is 43.9 Å². The van der Waals surface area contributed by atoms with Crippen LogP contribution in [-0.4, -0.2) is 39.0 Å². The highest BCUT2D eigenvalue weighted by atomic mass is 19.2. The van der Waals surface area contributed by atoms with Gasteiger partial charge in [-0.3, -0.25) is 14.9 Å². The zero-order valence-corrected chi connectivity index (χ0v) is 15.1. The summed E-state index contributed by atoms with van der Waals surface area (Å²) in [5, 5.41) is 3.41. The Balaban J connectivity index is 1.41. The molecule has 0 bridgehead atoms. The highest BCUT2D eigenvalue weighted by molar-refractivity contribution is 5.75. The van der Waals surface area contributed by atoms with Gasteiger partial charge in [-0.1, -0.05) is 13.0 Å². The van der Waals surface area contributed by atoms with Crippen LogP contribution in [-0.2, 0) is 6.54 Å². The summed E-state index contributed by atoms with van der Waals surface area (Å²) in [6.07, 6.45) is 4.36. The fourth-order valence-corrected chi connectivity index (χ4v) is 3.58. The van der Waals surface area contributed by atoms with E-state index < -0.39 is 11.6 Å². The van der Waals surface area contributed by atoms with Gasteiger partial charge in [0.1, 0.15) is 5.82 Å². The van der Waals surface area contributed by atoms with E-state index in [2.05, 4.69) is 32.1 Å². The average Bonchev–Trinajstić information content (AvgIpc) is 2.66. The van der Waals surface area contributed by atoms with Gasteiger partial charge in [-0.05, 0) is 24.5 Å². The van der Waals surface area contributed by atoms with Crippen LogP contribution in [0, 0.1) is 17.6 Å². The molecule has 7 heteroatoms. The predicted molar refractivity (Wildman–Crippen MR) is 100 cm³/mol. The van der Waals surface area contributed by atoms with Crippen molar-refractivity contribution in [2.75, 3.05) is 18.4 Å². The number of rotatable bonds is 4. The van der Waals surface area contributed by atoms with Crippen molar-refractivity contribution in [2.24, 2.45) is 5.92 Å². The largest absolute Gasteiger partial charge is 0.366 e. The van der Waals surface area contributed by atoms with Crippen LogP contribution in [0.5, 0.6) is 0 Å². The lowest BCUT2D eigenvalue weighted by molar-refractivity contribution is 0.163. The number of aromatic nitrogens is 3. The zero-order valence-electron chi connectivity index (χ0n) is 15.1. The van der Waals surface area contributed by atoms with Gasteiger partial charge in [-0.15, -0.1) is 0 Å². The van der Waals surface area contributed by atoms with Crippen molar-refractivity contribution in [1.82, 2.24) is 19.9 Å². The Bertz CT molecular complexity index is 934. The molecule has 0 saturated carbocycles. The van der Waals surface area contributed by atoms with E-state index in [4.69, 9.17) is 0 Å². The van der Waals surface area contributed by atoms with Gasteiger partial charge in [0, 0.05) is 44.0 Å². The lowest BCUT2D eigenvalue weighted by Gasteiger charge is -2.37. The Morgan fingerprint density at radius 1 is 1.15 bits per heavy atom. The molecular weight excluding hydrogens is 348 g/mol. The van der Waals surface area contributed by atoms with Crippen molar-refractivity contribution in [3.05, 3.63) is 60.1 Å². The van der Waals surface area contributed by atoms with Gasteiger partial charge < -0.3 is 5.32 Å². The van der Waals surface area contributed by atoms with E-state index >= 15 is 0 Å². The molecule has 1 aliphatic heterocycles. The molecule has 5 nitrogen and oxygen atoms in total. The third-order valence-electron chi connectivity index (χ3n) is 5.02. The van der Waals surface area contributed by atoms with Crippen molar-refractivity contribution < 1.29 is 8.78 Å². The Labute approximate surface area is 156 Å². The highest BCUT2D eigenvalue weighted by Crippen LogP contribution is 2.23. The fourth-order valence-electron chi connectivity index (χ4n) is 3.58. The molecule has 140 valence electrons. The molecule has 1 saturated heterocycles. The Morgan fingerprint density at radius 3 is 2.70 bits per heavy atom. The first-order chi connectivity index (χ1) is 13.1. The van der Waals surface area contributed by atoms with Gasteiger partial charge in [-0.25, -0.2) is 13.8 Å². The second-order valence-corrected chi connectivity index (χ2v) is 7.08. The third kappa shape index (κ3) is 4.03. The fraction of sp³-hybridized carbons (Fsp3) is 0.350. The second kappa shape index (κ2) is 7.52. The summed E-state index contributed by atoms with van der Waals surface area (Å²) in [4.78, 5) is 15.4. The molecule has 1 N–H and O–H groups in total. The molecule has 1 fully saturated rings. The maximum atomic E-state index is 13.4. The van der Waals surface area contributed by atoms with Crippen LogP contribution in [0.25, 0.3) is 11.0 Å². The van der Waals surface area contributed by atoms with Gasteiger partial charge in [0.25, 0.3) is 0 Å². The van der Waals surface area contributed by atoms with Crippen molar-refractivity contribution in [3.8, 4) is 0 Å². The number of benzene rings is 1. The van der Waals surface area contributed by atoms with E-state index in [0.29, 0.717) is 22.8 Å². The molecule has 0 radical (unpaired) electrons. The molecule has 2 atom stereocenters. The standard InChI is InChI=1S/C20H21F2N5/c1-13-11-27(12-14-4-2-3-6-23-14)7-5-17(13)25-20-10-24-18-8-15(21)16(22)9-19(18)26-20/h2-4,6,8-10,13,17H,5,7,11-12H2,1H3,(H,25,26). The molecule has 0 amide bonds. The van der Waals surface area contributed by atoms with Crippen molar-refractivity contribution in [1.29, 1.82) is 0 Å². The number of hydrogen-bond donors (Lipinski definition) is 1. The van der Waals surface area contributed by atoms with Crippen LogP contribution >= 0.6 is 0 Å². The Kier molecular flexibility index (Phi) is 4.94. The summed E-state index contributed by atoms with van der Waals surface area (Å²) in [5.41, 5.74) is 1.77. The smallest absolute Gasteiger partial charge is 0.161 e. The molecule has 1 aromatic carbocycles. The summed E-state index contributed by atoms with van der Waals surface area (Å²) >= 11 is 0. The number of nitrogens with zero attached hydrogens (tertiary/aromatic N) is 4. The van der Waals surface area contributed by atoms with Crippen LogP contribution in [0.2, 0.25) is 0 Å². The van der Waals surface area contributed by atoms with Crippen LogP contribution in [0.3, 0.4) is 0 Å². The number of fused-ring (bicyclic) bond motifs is 1. The van der Waals surface area contributed by atoms with Gasteiger partial charge in [0.15, 0.2) is 11.6 Å². The van der Waals surface area contributed by atoms with E-state index in [-0.39, 0.29) is 6.04 Å². The molecule has 3 aromatic rings. The summed E-state index contributed by atoms with van der Waals surface area (Å²) in [7, 11) is 0. The van der Waals surface area contributed by atoms with E-state index in [1.54, 1.807) is 6.20 Å². The van der Waals surface area contributed by atoms with E-state index in [1.165, 1.54) is 0 Å². The second-order valence-electron chi connectivity index (χ2n) is 7.08. The normalized spacial score (nSPS) is 20.7. The Morgan fingerprint density at radius 2 is 1.96 bits per heavy atom. The van der Waals surface area contributed by atoms with Crippen LogP contribution in [0.4, 0.5) is 14.6 Å². The topological polar surface area (TPSA) is 53.9 Å². The molecule has 4 rings (SSSR count). The average molecular weight is 369 g/mol. The van der Waals surface area contributed by atoms with Gasteiger partial charge in [-0.2, -0.15) is 0 Å². The molecule has 2 aromatic heterocycles. The lowest BCUT2D eigenvalue weighted by atomic mass is 9.93. The molecule has 0 spiro atoms. The van der Waals surface area contributed by atoms with Crippen molar-refractivity contribution in [2.45, 2.75) is 25.9 Å². The van der Waals surface area contributed by atoms with Crippen LogP contribution in [0.1, 0.15) is 19.0 Å². The first kappa shape index (κ1) is 17.7. The number of piperidine rings is 1. The highest BCUT2D eigenvalue weighted by Gasteiger charge is 2.26. The minimum absolute atomic E-state index is 0.252. The molecule has 0 aliphatic carbocycles. The summed E-state index contributed by atoms with van der Waals surface area (Å²) in [5.74, 6) is -0.829. The lowest BCUT2D eigenvalue weighted by Crippen LogP contribution is -2.45. The monoisotopic (exact) mass is 369 g/mol. The number of pyridine rings is 1. The first-order valence-corrected chi connectivity index (χ1v) is 9.09. The molecule has 3 heterocycles. The maximum Gasteiger partial charge on any atom is 0.161 e. The number of anilines is 1. The summed E-state index contributed by atoms with van der Waals surface area (Å²) in [6.45, 7) is 4.96.